The van der Waals surface area contributed by atoms with Gasteiger partial charge in [0.25, 0.3) is 0 Å². The third-order valence-corrected chi connectivity index (χ3v) is 5.87. The van der Waals surface area contributed by atoms with Gasteiger partial charge in [-0.15, -0.1) is 0 Å². The number of nitrogen functional groups attached to an aromatic ring is 1. The lowest BCUT2D eigenvalue weighted by molar-refractivity contribution is 0.290. The highest BCUT2D eigenvalue weighted by molar-refractivity contribution is 6.35. The molecule has 0 radical (unpaired) electrons. The summed E-state index contributed by atoms with van der Waals surface area (Å²) >= 11 is 12.2. The molecule has 10 heteroatoms. The molecule has 0 amide bonds. The molecule has 2 aromatic heterocycles. The number of pyridine rings is 2. The van der Waals surface area contributed by atoms with E-state index in [2.05, 4.69) is 9.97 Å². The zero-order chi connectivity index (χ0) is 22.8. The number of nitrogens with one attached hydrogen (secondary N) is 1. The van der Waals surface area contributed by atoms with Crippen LogP contribution in [-0.2, 0) is 6.61 Å². The smallest absolute Gasteiger partial charge is 0.167 e. The molecule has 3 N–H and O–H groups in total. The maximum atomic E-state index is 14.7. The van der Waals surface area contributed by atoms with E-state index in [4.69, 9.17) is 39.1 Å². The number of aromatic nitrogens is 2. The van der Waals surface area contributed by atoms with E-state index in [9.17, 15) is 8.78 Å². The molecule has 1 saturated heterocycles. The highest BCUT2D eigenvalue weighted by atomic mass is 35.5. The van der Waals surface area contributed by atoms with Gasteiger partial charge in [-0.3, -0.25) is 10.4 Å². The number of nitrogens with two attached hydrogens (primary N) is 1. The number of hydrogen-bond acceptors (Lipinski definition) is 6. The van der Waals surface area contributed by atoms with Gasteiger partial charge in [0.1, 0.15) is 6.61 Å². The second-order valence-corrected chi connectivity index (χ2v) is 8.15. The first-order valence-electron chi connectivity index (χ1n) is 9.84. The van der Waals surface area contributed by atoms with E-state index in [1.165, 1.54) is 30.7 Å². The van der Waals surface area contributed by atoms with Crippen LogP contribution in [0.5, 0.6) is 5.75 Å². The van der Waals surface area contributed by atoms with Crippen LogP contribution in [0.4, 0.5) is 20.3 Å². The molecule has 0 aliphatic carbocycles. The molecule has 0 atom stereocenters. The summed E-state index contributed by atoms with van der Waals surface area (Å²) < 4.78 is 34.7. The van der Waals surface area contributed by atoms with Crippen LogP contribution in [0, 0.1) is 17.0 Å². The van der Waals surface area contributed by atoms with Crippen LogP contribution in [0.1, 0.15) is 29.5 Å². The highest BCUT2D eigenvalue weighted by Gasteiger charge is 2.20. The van der Waals surface area contributed by atoms with Gasteiger partial charge in [0.05, 0.1) is 15.8 Å². The Morgan fingerprint density at radius 3 is 2.41 bits per heavy atom. The molecule has 1 aromatic carbocycles. The van der Waals surface area contributed by atoms with Crippen molar-refractivity contribution in [2.24, 2.45) is 0 Å². The Morgan fingerprint density at radius 1 is 1.06 bits per heavy atom. The number of hydrogen-bond donors (Lipinski definition) is 2. The number of halogens is 4. The lowest BCUT2D eigenvalue weighted by Gasteiger charge is -2.18. The van der Waals surface area contributed by atoms with Gasteiger partial charge in [0, 0.05) is 60.1 Å². The zero-order valence-corrected chi connectivity index (χ0v) is 18.4. The molecule has 166 valence electrons. The van der Waals surface area contributed by atoms with E-state index in [0.29, 0.717) is 5.56 Å². The van der Waals surface area contributed by atoms with Crippen LogP contribution < -0.4 is 15.4 Å². The predicted molar refractivity (Wildman–Crippen MR) is 121 cm³/mol. The fourth-order valence-corrected chi connectivity index (χ4v) is 3.98. The Kier molecular flexibility index (Phi) is 6.43. The third-order valence-electron chi connectivity index (χ3n) is 5.21. The van der Waals surface area contributed by atoms with Crippen LogP contribution in [0.25, 0.3) is 0 Å². The lowest BCUT2D eigenvalue weighted by Crippen LogP contribution is -2.21. The minimum absolute atomic E-state index is 0.0175. The number of anilines is 2. The standard InChI is InChI=1S/C22H19Cl2F2N5O/c23-15-9-29-10-16(24)14(15)11-32-20-6-13(19(27)7-17(20)25)21(28)12-5-18(26)22(30-8-12)31-3-1-2-4-31/h5-10,28H,1-4,11,27H2. The molecule has 3 aromatic rings. The second-order valence-electron chi connectivity index (χ2n) is 7.34. The van der Waals surface area contributed by atoms with Crippen LogP contribution in [0.3, 0.4) is 0 Å². The topological polar surface area (TPSA) is 88.1 Å². The van der Waals surface area contributed by atoms with E-state index in [1.54, 1.807) is 0 Å². The fraction of sp³-hybridized carbons (Fsp3) is 0.227. The van der Waals surface area contributed by atoms with Crippen molar-refractivity contribution < 1.29 is 13.5 Å². The molecule has 3 heterocycles. The number of nitrogens with zero attached hydrogens (tertiary/aromatic N) is 3. The summed E-state index contributed by atoms with van der Waals surface area (Å²) in [7, 11) is 0. The molecule has 0 spiro atoms. The minimum atomic E-state index is -0.714. The number of ether oxygens (including phenoxy) is 1. The first-order valence-corrected chi connectivity index (χ1v) is 10.6. The van der Waals surface area contributed by atoms with Gasteiger partial charge in [0.15, 0.2) is 23.2 Å². The fourth-order valence-electron chi connectivity index (χ4n) is 3.51. The zero-order valence-electron chi connectivity index (χ0n) is 16.8. The lowest BCUT2D eigenvalue weighted by atomic mass is 10.0. The minimum Gasteiger partial charge on any atom is -0.486 e. The Labute approximate surface area is 193 Å². The molecule has 6 nitrogen and oxygen atoms in total. The maximum absolute atomic E-state index is 14.7. The molecule has 0 bridgehead atoms. The van der Waals surface area contributed by atoms with Crippen LogP contribution >= 0.6 is 23.2 Å². The molecule has 4 rings (SSSR count). The van der Waals surface area contributed by atoms with Crippen molar-refractivity contribution >= 4 is 40.4 Å². The van der Waals surface area contributed by atoms with E-state index in [1.807, 2.05) is 4.90 Å². The van der Waals surface area contributed by atoms with Gasteiger partial charge in [0.2, 0.25) is 0 Å². The molecule has 1 aliphatic heterocycles. The van der Waals surface area contributed by atoms with E-state index in [0.717, 1.165) is 32.0 Å². The largest absolute Gasteiger partial charge is 0.486 e. The van der Waals surface area contributed by atoms with E-state index < -0.39 is 11.6 Å². The van der Waals surface area contributed by atoms with Crippen molar-refractivity contribution in [2.45, 2.75) is 19.4 Å². The summed E-state index contributed by atoms with van der Waals surface area (Å²) in [6, 6.07) is 3.59. The van der Waals surface area contributed by atoms with Crippen molar-refractivity contribution in [3.63, 3.8) is 0 Å². The molecular formula is C22H19Cl2F2N5O. The molecule has 1 aliphatic rings. The average molecular weight is 478 g/mol. The summed E-state index contributed by atoms with van der Waals surface area (Å²) in [6.45, 7) is 1.38. The molecule has 1 fully saturated rings. The van der Waals surface area contributed by atoms with Crippen molar-refractivity contribution in [2.75, 3.05) is 23.7 Å². The SMILES string of the molecule is N=C(c1cnc(N2CCCC2)c(F)c1)c1cc(OCc2c(Cl)cncc2Cl)c(F)cc1N. The molecule has 0 unspecified atom stereocenters. The Hall–Kier alpha value is -2.97. The molecule has 0 saturated carbocycles. The monoisotopic (exact) mass is 477 g/mol. The van der Waals surface area contributed by atoms with Crippen LogP contribution in [0.15, 0.2) is 36.8 Å². The third kappa shape index (κ3) is 4.47. The van der Waals surface area contributed by atoms with Crippen molar-refractivity contribution in [1.29, 1.82) is 5.41 Å². The summed E-state index contributed by atoms with van der Waals surface area (Å²) in [5, 5.41) is 9.05. The van der Waals surface area contributed by atoms with E-state index >= 15 is 0 Å². The van der Waals surface area contributed by atoms with Gasteiger partial charge in [-0.1, -0.05) is 23.2 Å². The summed E-state index contributed by atoms with van der Waals surface area (Å²) in [5.41, 5.74) is 6.70. The van der Waals surface area contributed by atoms with Gasteiger partial charge >= 0.3 is 0 Å². The van der Waals surface area contributed by atoms with Gasteiger partial charge in [-0.2, -0.15) is 0 Å². The van der Waals surface area contributed by atoms with Gasteiger partial charge in [-0.25, -0.2) is 13.8 Å². The maximum Gasteiger partial charge on any atom is 0.167 e. The first kappa shape index (κ1) is 22.2. The molecular weight excluding hydrogens is 459 g/mol. The number of benzene rings is 1. The van der Waals surface area contributed by atoms with Gasteiger partial charge in [-0.05, 0) is 25.0 Å². The summed E-state index contributed by atoms with van der Waals surface area (Å²) in [6.07, 6.45) is 6.20. The van der Waals surface area contributed by atoms with Crippen LogP contribution in [-0.4, -0.2) is 28.8 Å². The Morgan fingerprint density at radius 2 is 1.75 bits per heavy atom. The predicted octanol–water partition coefficient (Wildman–Crippen LogP) is 5.24. The number of rotatable bonds is 6. The highest BCUT2D eigenvalue weighted by Crippen LogP contribution is 2.30. The van der Waals surface area contributed by atoms with Crippen molar-refractivity contribution in [3.05, 3.63) is 75.2 Å². The Bertz CT molecular complexity index is 1160. The van der Waals surface area contributed by atoms with Crippen molar-refractivity contribution in [3.8, 4) is 5.75 Å². The summed E-state index contributed by atoms with van der Waals surface area (Å²) in [4.78, 5) is 9.93. The first-order chi connectivity index (χ1) is 15.3. The normalized spacial score (nSPS) is 13.4. The van der Waals surface area contributed by atoms with Crippen molar-refractivity contribution in [1.82, 2.24) is 9.97 Å². The molecule has 32 heavy (non-hydrogen) atoms. The van der Waals surface area contributed by atoms with Crippen LogP contribution in [0.2, 0.25) is 10.0 Å². The quantitative estimate of drug-likeness (QED) is 0.374. The van der Waals surface area contributed by atoms with E-state index in [-0.39, 0.29) is 50.7 Å². The van der Waals surface area contributed by atoms with Gasteiger partial charge < -0.3 is 15.4 Å². The Balaban J connectivity index is 1.59. The summed E-state index contributed by atoms with van der Waals surface area (Å²) in [5.74, 6) is -1.12. The second kappa shape index (κ2) is 9.26. The average Bonchev–Trinajstić information content (AvgIpc) is 3.28.